The van der Waals surface area contributed by atoms with Crippen molar-refractivity contribution >= 4 is 9.24 Å². The second-order valence-electron chi connectivity index (χ2n) is 6.66. The van der Waals surface area contributed by atoms with Gasteiger partial charge in [0.2, 0.25) is 0 Å². The zero-order valence-corrected chi connectivity index (χ0v) is 11.0. The van der Waals surface area contributed by atoms with E-state index in [1.165, 1.54) is 19.0 Å². The van der Waals surface area contributed by atoms with Crippen molar-refractivity contribution < 1.29 is 0 Å². The number of rotatable bonds is 4. The maximum Gasteiger partial charge on any atom is -0.0290 e. The fourth-order valence-electron chi connectivity index (χ4n) is 5.24. The highest BCUT2D eigenvalue weighted by molar-refractivity contribution is 7.16. The molecule has 0 heterocycles. The summed E-state index contributed by atoms with van der Waals surface area (Å²) in [6.45, 7) is 0. The lowest BCUT2D eigenvalue weighted by atomic mass is 9.48. The predicted molar refractivity (Wildman–Crippen MR) is 69.0 cm³/mol. The van der Waals surface area contributed by atoms with Gasteiger partial charge in [0.05, 0.1) is 0 Å². The molecule has 4 fully saturated rings. The SMILES string of the molecule is PCCCCC12CC3CC(CC(C3)C1)C2. The molecule has 0 nitrogen and oxygen atoms in total. The first-order valence-electron chi connectivity index (χ1n) is 7.00. The topological polar surface area (TPSA) is 0 Å². The van der Waals surface area contributed by atoms with Gasteiger partial charge in [0.25, 0.3) is 0 Å². The Hall–Kier alpha value is 0.430. The minimum absolute atomic E-state index is 0.842. The number of unbranched alkanes of at least 4 members (excludes halogenated alkanes) is 1. The zero-order chi connectivity index (χ0) is 10.3. The minimum atomic E-state index is 0.842. The highest BCUT2D eigenvalue weighted by Gasteiger charge is 2.50. The number of hydrogen-bond acceptors (Lipinski definition) is 0. The Morgan fingerprint density at radius 2 is 1.40 bits per heavy atom. The maximum atomic E-state index is 2.88. The van der Waals surface area contributed by atoms with Crippen molar-refractivity contribution in [3.8, 4) is 0 Å². The van der Waals surface area contributed by atoms with Crippen molar-refractivity contribution in [3.63, 3.8) is 0 Å². The van der Waals surface area contributed by atoms with Crippen LogP contribution >= 0.6 is 9.24 Å². The predicted octanol–water partition coefficient (Wildman–Crippen LogP) is 4.25. The van der Waals surface area contributed by atoms with Crippen molar-refractivity contribution in [3.05, 3.63) is 0 Å². The average Bonchev–Trinajstić information content (AvgIpc) is 2.15. The van der Waals surface area contributed by atoms with Gasteiger partial charge >= 0.3 is 0 Å². The quantitative estimate of drug-likeness (QED) is 0.494. The van der Waals surface area contributed by atoms with E-state index in [1.807, 2.05) is 0 Å². The molecule has 4 saturated carbocycles. The van der Waals surface area contributed by atoms with E-state index < -0.39 is 0 Å². The van der Waals surface area contributed by atoms with E-state index in [0.717, 1.165) is 23.2 Å². The first-order chi connectivity index (χ1) is 7.30. The summed E-state index contributed by atoms with van der Waals surface area (Å²) >= 11 is 0. The standard InChI is InChI=1S/C14H25P/c15-4-2-1-3-14-8-11-5-12(9-14)7-13(6-11)10-14/h11-13H,1-10,15H2. The first-order valence-corrected chi connectivity index (χ1v) is 7.81. The molecule has 0 amide bonds. The first kappa shape index (κ1) is 10.6. The minimum Gasteiger partial charge on any atom is -0.138 e. The van der Waals surface area contributed by atoms with Gasteiger partial charge in [-0.2, -0.15) is 0 Å². The van der Waals surface area contributed by atoms with Crippen LogP contribution in [0.3, 0.4) is 0 Å². The molecule has 86 valence electrons. The molecule has 15 heavy (non-hydrogen) atoms. The lowest BCUT2D eigenvalue weighted by Crippen LogP contribution is -2.45. The van der Waals surface area contributed by atoms with Crippen molar-refractivity contribution in [2.75, 3.05) is 6.16 Å². The van der Waals surface area contributed by atoms with Gasteiger partial charge in [-0.1, -0.05) is 6.42 Å². The molecular formula is C14H25P. The molecule has 4 rings (SSSR count). The lowest BCUT2D eigenvalue weighted by Gasteiger charge is -2.57. The Morgan fingerprint density at radius 1 is 0.867 bits per heavy atom. The monoisotopic (exact) mass is 224 g/mol. The Kier molecular flexibility index (Phi) is 2.84. The van der Waals surface area contributed by atoms with Gasteiger partial charge in [-0.25, -0.2) is 0 Å². The molecule has 0 aromatic heterocycles. The Morgan fingerprint density at radius 3 is 1.87 bits per heavy atom. The summed E-state index contributed by atoms with van der Waals surface area (Å²) in [6, 6.07) is 0. The molecule has 0 N–H and O–H groups in total. The fourth-order valence-corrected chi connectivity index (χ4v) is 5.53. The summed E-state index contributed by atoms with van der Waals surface area (Å²) in [7, 11) is 2.88. The van der Waals surface area contributed by atoms with Gasteiger partial charge in [0.15, 0.2) is 0 Å². The van der Waals surface area contributed by atoms with Crippen LogP contribution in [0.15, 0.2) is 0 Å². The van der Waals surface area contributed by atoms with E-state index in [2.05, 4.69) is 9.24 Å². The second kappa shape index (κ2) is 4.02. The molecule has 0 saturated heterocycles. The van der Waals surface area contributed by atoms with Crippen LogP contribution < -0.4 is 0 Å². The van der Waals surface area contributed by atoms with Crippen LogP contribution in [0, 0.1) is 23.2 Å². The normalized spacial score (nSPS) is 47.4. The van der Waals surface area contributed by atoms with Crippen LogP contribution in [0.5, 0.6) is 0 Å². The molecule has 4 bridgehead atoms. The van der Waals surface area contributed by atoms with Crippen molar-refractivity contribution in [2.45, 2.75) is 57.8 Å². The van der Waals surface area contributed by atoms with Crippen LogP contribution in [-0.4, -0.2) is 6.16 Å². The number of hydrogen-bond donors (Lipinski definition) is 0. The van der Waals surface area contributed by atoms with E-state index in [9.17, 15) is 0 Å². The zero-order valence-electron chi connectivity index (χ0n) is 9.88. The molecule has 0 aromatic carbocycles. The Labute approximate surface area is 96.8 Å². The van der Waals surface area contributed by atoms with E-state index >= 15 is 0 Å². The van der Waals surface area contributed by atoms with Crippen molar-refractivity contribution in [1.29, 1.82) is 0 Å². The highest BCUT2D eigenvalue weighted by atomic mass is 31.0. The summed E-state index contributed by atoms with van der Waals surface area (Å²) in [5.74, 6) is 3.44. The van der Waals surface area contributed by atoms with Gasteiger partial charge in [0, 0.05) is 0 Å². The molecule has 0 spiro atoms. The van der Waals surface area contributed by atoms with Crippen LogP contribution in [0.4, 0.5) is 0 Å². The van der Waals surface area contributed by atoms with Gasteiger partial charge in [-0.3, -0.25) is 0 Å². The fraction of sp³-hybridized carbons (Fsp3) is 1.00. The smallest absolute Gasteiger partial charge is 0.0290 e. The van der Waals surface area contributed by atoms with Gasteiger partial charge in [0.1, 0.15) is 0 Å². The van der Waals surface area contributed by atoms with Crippen LogP contribution in [0.2, 0.25) is 0 Å². The van der Waals surface area contributed by atoms with Gasteiger partial charge in [-0.05, 0) is 80.7 Å². The Bertz CT molecular complexity index is 198. The van der Waals surface area contributed by atoms with Crippen molar-refractivity contribution in [1.82, 2.24) is 0 Å². The van der Waals surface area contributed by atoms with Gasteiger partial charge in [-0.15, -0.1) is 9.24 Å². The molecule has 1 heteroatoms. The molecule has 1 unspecified atom stereocenters. The van der Waals surface area contributed by atoms with E-state index in [4.69, 9.17) is 0 Å². The van der Waals surface area contributed by atoms with E-state index in [1.54, 1.807) is 44.9 Å². The van der Waals surface area contributed by atoms with Gasteiger partial charge < -0.3 is 0 Å². The largest absolute Gasteiger partial charge is 0.138 e. The molecule has 1 atom stereocenters. The van der Waals surface area contributed by atoms with E-state index in [0.29, 0.717) is 0 Å². The molecule has 0 radical (unpaired) electrons. The summed E-state index contributed by atoms with van der Waals surface area (Å²) < 4.78 is 0. The summed E-state index contributed by atoms with van der Waals surface area (Å²) in [4.78, 5) is 0. The summed E-state index contributed by atoms with van der Waals surface area (Å²) in [5.41, 5.74) is 0.842. The third-order valence-corrected chi connectivity index (χ3v) is 5.73. The molecular weight excluding hydrogens is 199 g/mol. The summed E-state index contributed by atoms with van der Waals surface area (Å²) in [6.07, 6.45) is 15.4. The second-order valence-corrected chi connectivity index (χ2v) is 7.24. The third kappa shape index (κ3) is 1.99. The molecule has 0 aromatic rings. The van der Waals surface area contributed by atoms with Crippen LogP contribution in [0.25, 0.3) is 0 Å². The van der Waals surface area contributed by atoms with Crippen molar-refractivity contribution in [2.24, 2.45) is 23.2 Å². The molecule has 0 aliphatic heterocycles. The van der Waals surface area contributed by atoms with Crippen LogP contribution in [-0.2, 0) is 0 Å². The third-order valence-electron chi connectivity index (χ3n) is 5.33. The maximum absolute atomic E-state index is 2.88. The molecule has 4 aliphatic rings. The Balaban J connectivity index is 1.65. The van der Waals surface area contributed by atoms with E-state index in [-0.39, 0.29) is 0 Å². The highest BCUT2D eigenvalue weighted by Crippen LogP contribution is 2.61. The molecule has 4 aliphatic carbocycles. The lowest BCUT2D eigenvalue weighted by molar-refractivity contribution is -0.0581. The van der Waals surface area contributed by atoms with Crippen LogP contribution in [0.1, 0.15) is 57.8 Å². The summed E-state index contributed by atoms with van der Waals surface area (Å²) in [5, 5.41) is 0. The average molecular weight is 224 g/mol.